The lowest BCUT2D eigenvalue weighted by Gasteiger charge is -2.18. The van der Waals surface area contributed by atoms with E-state index in [9.17, 15) is 18.4 Å². The van der Waals surface area contributed by atoms with Crippen molar-refractivity contribution in [1.82, 2.24) is 4.90 Å². The molecule has 0 saturated carbocycles. The van der Waals surface area contributed by atoms with Gasteiger partial charge in [-0.15, -0.1) is 0 Å². The number of likely N-dealkylation sites (tertiary alicyclic amines) is 1. The molecule has 0 spiro atoms. The van der Waals surface area contributed by atoms with Crippen LogP contribution in [0.4, 0.5) is 8.78 Å². The first-order valence-electron chi connectivity index (χ1n) is 6.82. The van der Waals surface area contributed by atoms with Crippen LogP contribution in [-0.2, 0) is 16.1 Å². The minimum atomic E-state index is -2.97. The number of benzene rings is 1. The van der Waals surface area contributed by atoms with Crippen LogP contribution in [0.2, 0.25) is 5.02 Å². The maximum Gasteiger partial charge on any atom is 0.387 e. The number of ether oxygens (including phenoxy) is 1. The lowest BCUT2D eigenvalue weighted by Crippen LogP contribution is -2.36. The molecule has 6 nitrogen and oxygen atoms in total. The number of carbonyl (C=O) groups excluding carboxylic acids is 2. The van der Waals surface area contributed by atoms with Crippen molar-refractivity contribution in [2.45, 2.75) is 13.2 Å². The number of nitrogens with two attached hydrogens (primary N) is 2. The number of hydrogen-bond acceptors (Lipinski definition) is 4. The predicted octanol–water partition coefficient (Wildman–Crippen LogP) is 0.960. The molecule has 1 aliphatic heterocycles. The van der Waals surface area contributed by atoms with E-state index in [0.29, 0.717) is 10.6 Å². The van der Waals surface area contributed by atoms with Crippen LogP contribution in [0.15, 0.2) is 18.2 Å². The van der Waals surface area contributed by atoms with Gasteiger partial charge in [-0.25, -0.2) is 0 Å². The summed E-state index contributed by atoms with van der Waals surface area (Å²) >= 11 is 5.89. The SMILES string of the molecule is NC(=O)C1CN(Cc2cc(Cl)ccc2OC(F)F)CC1C(N)=O. The molecule has 0 aliphatic carbocycles. The zero-order valence-corrected chi connectivity index (χ0v) is 12.8. The number of hydrogen-bond donors (Lipinski definition) is 2. The minimum Gasteiger partial charge on any atom is -0.434 e. The fraction of sp³-hybridized carbons (Fsp3) is 0.429. The van der Waals surface area contributed by atoms with Crippen LogP contribution >= 0.6 is 11.6 Å². The summed E-state index contributed by atoms with van der Waals surface area (Å²) < 4.78 is 29.4. The van der Waals surface area contributed by atoms with Crippen LogP contribution in [-0.4, -0.2) is 36.4 Å². The Morgan fingerprint density at radius 3 is 2.30 bits per heavy atom. The van der Waals surface area contributed by atoms with Gasteiger partial charge in [0, 0.05) is 30.2 Å². The van der Waals surface area contributed by atoms with Crippen molar-refractivity contribution < 1.29 is 23.1 Å². The first-order valence-corrected chi connectivity index (χ1v) is 7.20. The van der Waals surface area contributed by atoms with Crippen molar-refractivity contribution in [2.75, 3.05) is 13.1 Å². The summed E-state index contributed by atoms with van der Waals surface area (Å²) in [4.78, 5) is 24.6. The zero-order valence-electron chi connectivity index (χ0n) is 12.0. The molecule has 1 saturated heterocycles. The van der Waals surface area contributed by atoms with Crippen molar-refractivity contribution in [1.29, 1.82) is 0 Å². The summed E-state index contributed by atoms with van der Waals surface area (Å²) in [6.45, 7) is -2.37. The van der Waals surface area contributed by atoms with Crippen LogP contribution in [0.25, 0.3) is 0 Å². The second kappa shape index (κ2) is 7.10. The Hall–Kier alpha value is -1.93. The quantitative estimate of drug-likeness (QED) is 0.800. The Morgan fingerprint density at radius 2 is 1.83 bits per heavy atom. The van der Waals surface area contributed by atoms with Gasteiger partial charge in [-0.05, 0) is 18.2 Å². The molecule has 23 heavy (non-hydrogen) atoms. The van der Waals surface area contributed by atoms with Gasteiger partial charge >= 0.3 is 6.61 Å². The molecule has 2 rings (SSSR count). The van der Waals surface area contributed by atoms with E-state index in [1.165, 1.54) is 18.2 Å². The third-order valence-corrected chi connectivity index (χ3v) is 3.99. The zero-order chi connectivity index (χ0) is 17.1. The number of rotatable bonds is 6. The molecular formula is C14H16ClF2N3O3. The molecule has 1 fully saturated rings. The van der Waals surface area contributed by atoms with Crippen molar-refractivity contribution in [3.8, 4) is 5.75 Å². The number of halogens is 3. The monoisotopic (exact) mass is 347 g/mol. The molecule has 126 valence electrons. The van der Waals surface area contributed by atoms with Gasteiger partial charge in [0.1, 0.15) is 5.75 Å². The molecule has 4 N–H and O–H groups in total. The Bertz CT molecular complexity index is 593. The van der Waals surface area contributed by atoms with Crippen LogP contribution in [0, 0.1) is 11.8 Å². The minimum absolute atomic E-state index is 0.0115. The highest BCUT2D eigenvalue weighted by atomic mass is 35.5. The Morgan fingerprint density at radius 1 is 1.26 bits per heavy atom. The highest BCUT2D eigenvalue weighted by Gasteiger charge is 2.39. The number of primary amides is 2. The summed E-state index contributed by atoms with van der Waals surface area (Å²) in [6.07, 6.45) is 0. The Kier molecular flexibility index (Phi) is 5.38. The van der Waals surface area contributed by atoms with E-state index in [1.54, 1.807) is 4.90 Å². The van der Waals surface area contributed by atoms with E-state index < -0.39 is 30.3 Å². The standard InChI is InChI=1S/C14H16ClF2N3O3/c15-8-1-2-11(23-14(16)17)7(3-8)4-20-5-9(12(18)21)10(6-20)13(19)22/h1-3,9-10,14H,4-6H2,(H2,18,21)(H2,19,22). The first kappa shape index (κ1) is 17.4. The topological polar surface area (TPSA) is 98.7 Å². The molecule has 2 atom stereocenters. The summed E-state index contributed by atoms with van der Waals surface area (Å²) in [5, 5.41) is 0.360. The molecule has 0 bridgehead atoms. The largest absolute Gasteiger partial charge is 0.434 e. The number of alkyl halides is 2. The third-order valence-electron chi connectivity index (χ3n) is 3.76. The average Bonchev–Trinajstić information content (AvgIpc) is 2.86. The van der Waals surface area contributed by atoms with Gasteiger partial charge in [-0.3, -0.25) is 14.5 Å². The summed E-state index contributed by atoms with van der Waals surface area (Å²) in [5.41, 5.74) is 11.0. The average molecular weight is 348 g/mol. The molecule has 0 radical (unpaired) electrons. The van der Waals surface area contributed by atoms with Gasteiger partial charge < -0.3 is 16.2 Å². The van der Waals surface area contributed by atoms with Crippen molar-refractivity contribution in [3.63, 3.8) is 0 Å². The lowest BCUT2D eigenvalue weighted by atomic mass is 9.95. The van der Waals surface area contributed by atoms with Gasteiger partial charge in [0.2, 0.25) is 11.8 Å². The normalized spacial score (nSPS) is 21.6. The van der Waals surface area contributed by atoms with E-state index in [4.69, 9.17) is 23.1 Å². The smallest absolute Gasteiger partial charge is 0.387 e. The van der Waals surface area contributed by atoms with E-state index in [2.05, 4.69) is 4.74 Å². The molecule has 1 aliphatic rings. The predicted molar refractivity (Wildman–Crippen MR) is 78.7 cm³/mol. The van der Waals surface area contributed by atoms with E-state index in [1.807, 2.05) is 0 Å². The summed E-state index contributed by atoms with van der Waals surface area (Å²) in [5.74, 6) is -2.65. The first-order chi connectivity index (χ1) is 10.8. The summed E-state index contributed by atoms with van der Waals surface area (Å²) in [6, 6.07) is 4.28. The molecule has 1 heterocycles. The lowest BCUT2D eigenvalue weighted by molar-refractivity contribution is -0.129. The van der Waals surface area contributed by atoms with E-state index in [0.717, 1.165) is 0 Å². The van der Waals surface area contributed by atoms with Gasteiger partial charge in [0.25, 0.3) is 0 Å². The van der Waals surface area contributed by atoms with Crippen molar-refractivity contribution in [3.05, 3.63) is 28.8 Å². The van der Waals surface area contributed by atoms with Gasteiger partial charge in [-0.2, -0.15) is 8.78 Å². The highest BCUT2D eigenvalue weighted by Crippen LogP contribution is 2.29. The molecule has 2 amide bonds. The van der Waals surface area contributed by atoms with E-state index in [-0.39, 0.29) is 25.4 Å². The van der Waals surface area contributed by atoms with Crippen LogP contribution in [0.3, 0.4) is 0 Å². The van der Waals surface area contributed by atoms with Crippen LogP contribution in [0.1, 0.15) is 5.56 Å². The second-order valence-electron chi connectivity index (χ2n) is 5.34. The number of carbonyl (C=O) groups is 2. The summed E-state index contributed by atoms with van der Waals surface area (Å²) in [7, 11) is 0. The fourth-order valence-electron chi connectivity index (χ4n) is 2.71. The van der Waals surface area contributed by atoms with Gasteiger partial charge in [-0.1, -0.05) is 11.6 Å². The maximum absolute atomic E-state index is 12.5. The number of amides is 2. The van der Waals surface area contributed by atoms with Crippen molar-refractivity contribution in [2.24, 2.45) is 23.3 Å². The molecule has 1 aromatic carbocycles. The second-order valence-corrected chi connectivity index (χ2v) is 5.78. The fourth-order valence-corrected chi connectivity index (χ4v) is 2.91. The Labute approximate surface area is 136 Å². The van der Waals surface area contributed by atoms with E-state index >= 15 is 0 Å². The molecule has 2 unspecified atom stereocenters. The molecule has 0 aromatic heterocycles. The molecular weight excluding hydrogens is 332 g/mol. The van der Waals surface area contributed by atoms with Gasteiger partial charge in [0.05, 0.1) is 11.8 Å². The third kappa shape index (κ3) is 4.29. The van der Waals surface area contributed by atoms with Crippen LogP contribution < -0.4 is 16.2 Å². The van der Waals surface area contributed by atoms with Crippen LogP contribution in [0.5, 0.6) is 5.75 Å². The van der Waals surface area contributed by atoms with Gasteiger partial charge in [0.15, 0.2) is 0 Å². The molecule has 1 aromatic rings. The van der Waals surface area contributed by atoms with Crippen molar-refractivity contribution >= 4 is 23.4 Å². The maximum atomic E-state index is 12.5. The Balaban J connectivity index is 2.18. The number of nitrogens with zero attached hydrogens (tertiary/aromatic N) is 1. The molecule has 9 heteroatoms. The highest BCUT2D eigenvalue weighted by molar-refractivity contribution is 6.30.